The van der Waals surface area contributed by atoms with Crippen LogP contribution in [0.4, 0.5) is 0 Å². The molecule has 0 radical (unpaired) electrons. The second-order valence-corrected chi connectivity index (χ2v) is 13.3. The van der Waals surface area contributed by atoms with Crippen molar-refractivity contribution in [2.45, 2.75) is 126 Å². The number of hydrogen-bond donors (Lipinski definition) is 11. The van der Waals surface area contributed by atoms with Gasteiger partial charge in [-0.05, 0) is 12.8 Å². The van der Waals surface area contributed by atoms with Crippen LogP contribution in [0.5, 0.6) is 0 Å². The molecule has 2 fully saturated rings. The normalized spacial score (nSPS) is 33.6. The number of carboxylic acid groups (broad SMARTS) is 1. The molecule has 0 aromatic rings. The zero-order valence-electron chi connectivity index (χ0n) is 27.0. The largest absolute Gasteiger partial charge is 0.756 e. The molecule has 2 saturated heterocycles. The van der Waals surface area contributed by atoms with Crippen LogP contribution >= 0.6 is 7.82 Å². The Balaban J connectivity index is 0.00000901. The number of aliphatic imine (C=N–C) groups is 1. The number of aliphatic hydroxyl groups excluding tert-OH is 6. The summed E-state index contributed by atoms with van der Waals surface area (Å²) >= 11 is 0. The van der Waals surface area contributed by atoms with Crippen molar-refractivity contribution in [2.75, 3.05) is 13.2 Å². The molecular formula is C28H47N5O17P-. The molecule has 292 valence electrons. The lowest BCUT2D eigenvalue weighted by Gasteiger charge is -2.47. The Morgan fingerprint density at radius 2 is 1.88 bits per heavy atom. The number of nitrogens with zero attached hydrogens (tertiary/aromatic N) is 1. The Labute approximate surface area is 292 Å². The molecule has 3 aliphatic rings. The predicted octanol–water partition coefficient (Wildman–Crippen LogP) is -4.63. The summed E-state index contributed by atoms with van der Waals surface area (Å²) in [7, 11) is -5.86. The topological polar surface area (TPSA) is 359 Å². The van der Waals surface area contributed by atoms with Crippen molar-refractivity contribution in [1.82, 2.24) is 16.0 Å². The summed E-state index contributed by atoms with van der Waals surface area (Å²) in [5, 5.41) is 86.7. The van der Waals surface area contributed by atoms with Crippen molar-refractivity contribution in [3.63, 3.8) is 0 Å². The zero-order chi connectivity index (χ0) is 37.6. The van der Waals surface area contributed by atoms with Gasteiger partial charge in [-0.15, -0.1) is 0 Å². The maximum Gasteiger partial charge on any atom is 0.364 e. The summed E-state index contributed by atoms with van der Waals surface area (Å²) in [6, 6.07) is -4.34. The van der Waals surface area contributed by atoms with Gasteiger partial charge in [-0.25, -0.2) is 4.79 Å². The minimum Gasteiger partial charge on any atom is -0.756 e. The molecule has 11 N–H and O–H groups in total. The molecule has 0 saturated carbocycles. The maximum absolute atomic E-state index is 13.2. The van der Waals surface area contributed by atoms with Crippen LogP contribution < -0.4 is 20.8 Å². The number of rotatable bonds is 17. The van der Waals surface area contributed by atoms with E-state index in [1.807, 2.05) is 0 Å². The van der Waals surface area contributed by atoms with E-state index in [0.29, 0.717) is 12.8 Å². The molecule has 3 rings (SSSR count). The molecule has 3 heterocycles. The van der Waals surface area contributed by atoms with E-state index in [9.17, 15) is 64.4 Å². The number of phosphoric ester groups is 1. The van der Waals surface area contributed by atoms with Gasteiger partial charge in [-0.2, -0.15) is 0 Å². The lowest BCUT2D eigenvalue weighted by Crippen LogP contribution is -2.69. The lowest BCUT2D eigenvalue weighted by atomic mass is 9.88. The van der Waals surface area contributed by atoms with Crippen LogP contribution in [0.2, 0.25) is 0 Å². The standard InChI is InChI=1S/C27H44N5O17P.CH4/c1-3-5-11(30-16(36)6-4-2)24(40)32-17-12(34)7-27(26(42)43,48-23(17)19(37)13(35)9-33)49-50(44,45)46-10-14-20(38)21(39)22(47-14)18-25(41)31-15(28)8-29-18;/h8,11-14,17-23,33-35,37-39H,3-7,9-10H2,1-2H3,(H,30,36)(H,32,40)(H,42,43)(H,44,45)(H2,28,31,41);1H4/p-1/t11?,12?,13?,14-,17?,18?,19?,20-,21-,22+,23?,27?;/m1./s1. The molecule has 51 heavy (non-hydrogen) atoms. The second kappa shape index (κ2) is 18.7. The number of aliphatic carboxylic acids is 1. The third-order valence-corrected chi connectivity index (χ3v) is 9.07. The first-order chi connectivity index (χ1) is 23.4. The van der Waals surface area contributed by atoms with Gasteiger partial charge >= 0.3 is 5.97 Å². The number of aliphatic hydroxyl groups is 6. The van der Waals surface area contributed by atoms with Gasteiger partial charge in [0.15, 0.2) is 6.04 Å². The summed E-state index contributed by atoms with van der Waals surface area (Å²) in [5.41, 5.74) is 0. The Morgan fingerprint density at radius 1 is 1.22 bits per heavy atom. The number of hydrogen-bond acceptors (Lipinski definition) is 18. The molecule has 3 amide bonds. The highest BCUT2D eigenvalue weighted by Gasteiger charge is 2.58. The molecule has 0 bridgehead atoms. The molecular weight excluding hydrogens is 709 g/mol. The van der Waals surface area contributed by atoms with Crippen LogP contribution in [0.1, 0.15) is 53.4 Å². The van der Waals surface area contributed by atoms with Crippen LogP contribution in [0.25, 0.3) is 0 Å². The highest BCUT2D eigenvalue weighted by molar-refractivity contribution is 7.45. The number of amides is 3. The third-order valence-electron chi connectivity index (χ3n) is 8.09. The number of carbonyl (C=O) groups is 4. The van der Waals surface area contributed by atoms with Crippen LogP contribution in [0, 0.1) is 5.41 Å². The average molecular weight is 757 g/mol. The van der Waals surface area contributed by atoms with Crippen molar-refractivity contribution in [1.29, 1.82) is 5.41 Å². The SMILES string of the molecule is C.CCCC(=O)NC(CCC)C(=O)NC1C(O)CC(OP(=O)([O-])OC[C@H]2O[C@@H](C3N=CC(=N)NC3=O)[C@H](O)[C@@H]2O)(C(=O)O)OC1C(O)C(O)CO. The van der Waals surface area contributed by atoms with Crippen molar-refractivity contribution >= 4 is 43.6 Å². The van der Waals surface area contributed by atoms with Crippen molar-refractivity contribution < 1.29 is 82.9 Å². The fraction of sp³-hybridized carbons (Fsp3) is 0.786. The second-order valence-electron chi connectivity index (χ2n) is 11.9. The van der Waals surface area contributed by atoms with E-state index in [1.54, 1.807) is 13.8 Å². The number of phosphoric acid groups is 1. The summed E-state index contributed by atoms with van der Waals surface area (Å²) in [6.07, 6.45) is -14.5. The summed E-state index contributed by atoms with van der Waals surface area (Å²) < 4.78 is 33.2. The molecule has 0 aromatic heterocycles. The Morgan fingerprint density at radius 3 is 2.45 bits per heavy atom. The summed E-state index contributed by atoms with van der Waals surface area (Å²) in [4.78, 5) is 66.8. The highest BCUT2D eigenvalue weighted by Crippen LogP contribution is 2.48. The number of amidine groups is 1. The van der Waals surface area contributed by atoms with E-state index >= 15 is 0 Å². The van der Waals surface area contributed by atoms with Gasteiger partial charge in [0.1, 0.15) is 54.6 Å². The third kappa shape index (κ3) is 10.8. The lowest BCUT2D eigenvalue weighted by molar-refractivity contribution is -0.313. The number of carboxylic acids is 1. The predicted molar refractivity (Wildman–Crippen MR) is 169 cm³/mol. The Bertz CT molecular complexity index is 1340. The Hall–Kier alpha value is -2.99. The van der Waals surface area contributed by atoms with Crippen molar-refractivity contribution in [3.8, 4) is 0 Å². The van der Waals surface area contributed by atoms with Gasteiger partial charge in [-0.3, -0.25) is 33.9 Å². The quantitative estimate of drug-likeness (QED) is 0.0622. The molecule has 23 heteroatoms. The maximum atomic E-state index is 13.2. The number of nitrogens with one attached hydrogen (secondary N) is 4. The molecule has 0 spiro atoms. The van der Waals surface area contributed by atoms with Crippen LogP contribution in [0.15, 0.2) is 4.99 Å². The van der Waals surface area contributed by atoms with E-state index in [-0.39, 0.29) is 26.1 Å². The highest BCUT2D eigenvalue weighted by atomic mass is 31.2. The van der Waals surface area contributed by atoms with Gasteiger partial charge in [0.2, 0.25) is 11.8 Å². The van der Waals surface area contributed by atoms with Crippen molar-refractivity contribution in [2.24, 2.45) is 4.99 Å². The number of ether oxygens (including phenoxy) is 2. The Kier molecular flexibility index (Phi) is 16.2. The van der Waals surface area contributed by atoms with Crippen LogP contribution in [-0.2, 0) is 42.3 Å². The zero-order valence-corrected chi connectivity index (χ0v) is 27.9. The minimum atomic E-state index is -5.86. The fourth-order valence-electron chi connectivity index (χ4n) is 5.54. The summed E-state index contributed by atoms with van der Waals surface area (Å²) in [5.74, 6) is -8.11. The van der Waals surface area contributed by atoms with Gasteiger partial charge < -0.3 is 70.6 Å². The van der Waals surface area contributed by atoms with E-state index in [4.69, 9.17) is 23.9 Å². The van der Waals surface area contributed by atoms with Gasteiger partial charge in [0, 0.05) is 12.8 Å². The number of carbonyl (C=O) groups excluding carboxylic acids is 3. The van der Waals surface area contributed by atoms with Crippen molar-refractivity contribution in [3.05, 3.63) is 0 Å². The van der Waals surface area contributed by atoms with Gasteiger partial charge in [0.05, 0.1) is 31.6 Å². The first-order valence-corrected chi connectivity index (χ1v) is 17.1. The molecule has 9 unspecified atom stereocenters. The molecule has 13 atom stereocenters. The van der Waals surface area contributed by atoms with Crippen LogP contribution in [-0.4, -0.2) is 157 Å². The minimum absolute atomic E-state index is 0. The summed E-state index contributed by atoms with van der Waals surface area (Å²) in [6.45, 7) is 1.21. The van der Waals surface area contributed by atoms with E-state index in [0.717, 1.165) is 6.21 Å². The molecule has 0 aliphatic carbocycles. The van der Waals surface area contributed by atoms with E-state index in [2.05, 4.69) is 20.9 Å². The van der Waals surface area contributed by atoms with E-state index in [1.165, 1.54) is 0 Å². The fourth-order valence-corrected chi connectivity index (χ4v) is 6.48. The molecule has 3 aliphatic heterocycles. The van der Waals surface area contributed by atoms with Crippen LogP contribution in [0.3, 0.4) is 0 Å². The monoisotopic (exact) mass is 756 g/mol. The average Bonchev–Trinajstić information content (AvgIpc) is 3.32. The van der Waals surface area contributed by atoms with Gasteiger partial charge in [0.25, 0.3) is 19.5 Å². The van der Waals surface area contributed by atoms with E-state index < -0.39 is 124 Å². The first kappa shape index (κ1) is 44.2. The first-order valence-electron chi connectivity index (χ1n) is 15.7. The molecule has 0 aromatic carbocycles. The smallest absolute Gasteiger partial charge is 0.364 e. The van der Waals surface area contributed by atoms with Gasteiger partial charge in [-0.1, -0.05) is 27.7 Å². The molecule has 22 nitrogen and oxygen atoms in total.